The number of nitrogens with one attached hydrogen (secondary N) is 1. The molecule has 1 unspecified atom stereocenters. The standard InChI is InChI=1S/C16H17N3O2/c17-13-5-3-9-19(14-6-2-1-4-12(13)14)16(21)11-7-8-15(20)18-10-11/h1-2,4,6-8,10,13H,3,5,9,17H2,(H,18,20). The second-order valence-corrected chi connectivity index (χ2v) is 5.21. The van der Waals surface area contributed by atoms with Gasteiger partial charge in [0, 0.05) is 30.5 Å². The summed E-state index contributed by atoms with van der Waals surface area (Å²) >= 11 is 0. The van der Waals surface area contributed by atoms with Gasteiger partial charge in [0.1, 0.15) is 0 Å². The first-order valence-electron chi connectivity index (χ1n) is 7.02. The fourth-order valence-electron chi connectivity index (χ4n) is 2.70. The molecule has 0 bridgehead atoms. The molecular formula is C16H17N3O2. The molecule has 108 valence electrons. The number of nitrogens with two attached hydrogens (primary N) is 1. The van der Waals surface area contributed by atoms with E-state index < -0.39 is 0 Å². The van der Waals surface area contributed by atoms with Gasteiger partial charge < -0.3 is 15.6 Å². The highest BCUT2D eigenvalue weighted by molar-refractivity contribution is 6.06. The van der Waals surface area contributed by atoms with Crippen molar-refractivity contribution in [3.8, 4) is 0 Å². The highest BCUT2D eigenvalue weighted by Gasteiger charge is 2.25. The zero-order valence-electron chi connectivity index (χ0n) is 11.6. The third-order valence-corrected chi connectivity index (χ3v) is 3.80. The Kier molecular flexibility index (Phi) is 3.58. The van der Waals surface area contributed by atoms with Gasteiger partial charge in [-0.2, -0.15) is 0 Å². The number of aromatic amines is 1. The average molecular weight is 283 g/mol. The zero-order chi connectivity index (χ0) is 14.8. The van der Waals surface area contributed by atoms with Crippen LogP contribution >= 0.6 is 0 Å². The summed E-state index contributed by atoms with van der Waals surface area (Å²) in [7, 11) is 0. The van der Waals surface area contributed by atoms with Crippen LogP contribution in [0.3, 0.4) is 0 Å². The maximum absolute atomic E-state index is 12.7. The van der Waals surface area contributed by atoms with Gasteiger partial charge in [0.15, 0.2) is 0 Å². The minimum atomic E-state index is -0.218. The summed E-state index contributed by atoms with van der Waals surface area (Å²) in [6, 6.07) is 10.6. The largest absolute Gasteiger partial charge is 0.328 e. The number of carbonyl (C=O) groups excluding carboxylic acids is 1. The van der Waals surface area contributed by atoms with Crippen molar-refractivity contribution in [3.05, 3.63) is 64.1 Å². The Balaban J connectivity index is 2.01. The Morgan fingerprint density at radius 3 is 2.81 bits per heavy atom. The van der Waals surface area contributed by atoms with Crippen LogP contribution in [0.4, 0.5) is 5.69 Å². The Bertz CT molecular complexity index is 703. The van der Waals surface area contributed by atoms with Crippen LogP contribution in [0, 0.1) is 0 Å². The minimum Gasteiger partial charge on any atom is -0.328 e. The SMILES string of the molecule is NC1CCCN(C(=O)c2ccc(=O)[nH]c2)c2ccccc21. The van der Waals surface area contributed by atoms with Crippen LogP contribution in [-0.4, -0.2) is 17.4 Å². The number of nitrogens with zero attached hydrogens (tertiary/aromatic N) is 1. The summed E-state index contributed by atoms with van der Waals surface area (Å²) in [6.45, 7) is 0.628. The van der Waals surface area contributed by atoms with E-state index in [1.54, 1.807) is 11.0 Å². The lowest BCUT2D eigenvalue weighted by molar-refractivity contribution is 0.0986. The Labute approximate surface area is 122 Å². The molecule has 0 fully saturated rings. The monoisotopic (exact) mass is 283 g/mol. The molecule has 0 aliphatic carbocycles. The molecule has 0 radical (unpaired) electrons. The number of anilines is 1. The van der Waals surface area contributed by atoms with Crippen LogP contribution in [0.1, 0.15) is 34.8 Å². The lowest BCUT2D eigenvalue weighted by Crippen LogP contribution is -2.32. The molecule has 0 saturated carbocycles. The molecule has 2 heterocycles. The van der Waals surface area contributed by atoms with Gasteiger partial charge in [-0.25, -0.2) is 0 Å². The molecule has 1 aliphatic heterocycles. The van der Waals surface area contributed by atoms with Crippen molar-refractivity contribution in [3.63, 3.8) is 0 Å². The number of fused-ring (bicyclic) bond motifs is 1. The average Bonchev–Trinajstić information content (AvgIpc) is 2.67. The van der Waals surface area contributed by atoms with Crippen LogP contribution in [-0.2, 0) is 0 Å². The first-order chi connectivity index (χ1) is 10.2. The van der Waals surface area contributed by atoms with E-state index >= 15 is 0 Å². The van der Waals surface area contributed by atoms with Gasteiger partial charge in [-0.3, -0.25) is 9.59 Å². The van der Waals surface area contributed by atoms with Crippen LogP contribution in [0.2, 0.25) is 0 Å². The second kappa shape index (κ2) is 5.54. The normalized spacial score (nSPS) is 18.0. The van der Waals surface area contributed by atoms with E-state index in [4.69, 9.17) is 5.73 Å². The lowest BCUT2D eigenvalue weighted by Gasteiger charge is -2.23. The number of H-pyrrole nitrogens is 1. The number of para-hydroxylation sites is 1. The van der Waals surface area contributed by atoms with Gasteiger partial charge in [-0.1, -0.05) is 18.2 Å². The van der Waals surface area contributed by atoms with Gasteiger partial charge in [0.2, 0.25) is 5.56 Å². The molecule has 3 N–H and O–H groups in total. The molecule has 0 saturated heterocycles. The second-order valence-electron chi connectivity index (χ2n) is 5.21. The topological polar surface area (TPSA) is 79.2 Å². The van der Waals surface area contributed by atoms with Crippen molar-refractivity contribution in [2.24, 2.45) is 5.73 Å². The van der Waals surface area contributed by atoms with Crippen molar-refractivity contribution in [1.29, 1.82) is 0 Å². The van der Waals surface area contributed by atoms with E-state index in [1.165, 1.54) is 12.3 Å². The molecule has 1 aromatic heterocycles. The molecule has 1 aliphatic rings. The smallest absolute Gasteiger partial charge is 0.259 e. The van der Waals surface area contributed by atoms with Crippen molar-refractivity contribution in [1.82, 2.24) is 4.98 Å². The molecule has 1 aromatic carbocycles. The lowest BCUT2D eigenvalue weighted by atomic mass is 10.0. The molecule has 0 spiro atoms. The number of carbonyl (C=O) groups is 1. The maximum Gasteiger partial charge on any atom is 0.259 e. The van der Waals surface area contributed by atoms with E-state index in [0.717, 1.165) is 24.1 Å². The Hall–Kier alpha value is -2.40. The molecular weight excluding hydrogens is 266 g/mol. The number of amides is 1. The molecule has 5 heteroatoms. The number of pyridine rings is 1. The predicted molar refractivity (Wildman–Crippen MR) is 81.3 cm³/mol. The van der Waals surface area contributed by atoms with E-state index in [9.17, 15) is 9.59 Å². The molecule has 1 atom stereocenters. The van der Waals surface area contributed by atoms with Crippen molar-refractivity contribution in [2.75, 3.05) is 11.4 Å². The van der Waals surface area contributed by atoms with Crippen LogP contribution < -0.4 is 16.2 Å². The van der Waals surface area contributed by atoms with Gasteiger partial charge in [-0.05, 0) is 30.5 Å². The van der Waals surface area contributed by atoms with Gasteiger partial charge in [-0.15, -0.1) is 0 Å². The number of rotatable bonds is 1. The summed E-state index contributed by atoms with van der Waals surface area (Å²) in [5.74, 6) is -0.118. The first-order valence-corrected chi connectivity index (χ1v) is 7.02. The fraction of sp³-hybridized carbons (Fsp3) is 0.250. The van der Waals surface area contributed by atoms with E-state index in [0.29, 0.717) is 12.1 Å². The van der Waals surface area contributed by atoms with Crippen LogP contribution in [0.5, 0.6) is 0 Å². The third-order valence-electron chi connectivity index (χ3n) is 3.80. The highest BCUT2D eigenvalue weighted by Crippen LogP contribution is 2.32. The molecule has 3 rings (SSSR count). The molecule has 1 amide bonds. The van der Waals surface area contributed by atoms with E-state index in [-0.39, 0.29) is 17.5 Å². The Morgan fingerprint density at radius 1 is 1.24 bits per heavy atom. The molecule has 2 aromatic rings. The number of aromatic nitrogens is 1. The quantitative estimate of drug-likeness (QED) is 0.837. The highest BCUT2D eigenvalue weighted by atomic mass is 16.2. The third kappa shape index (κ3) is 2.60. The van der Waals surface area contributed by atoms with E-state index in [1.807, 2.05) is 24.3 Å². The fourth-order valence-corrected chi connectivity index (χ4v) is 2.70. The molecule has 21 heavy (non-hydrogen) atoms. The number of benzene rings is 1. The van der Waals surface area contributed by atoms with Gasteiger partial charge in [0.25, 0.3) is 5.91 Å². The van der Waals surface area contributed by atoms with Crippen molar-refractivity contribution < 1.29 is 4.79 Å². The van der Waals surface area contributed by atoms with Crippen LogP contribution in [0.15, 0.2) is 47.4 Å². The predicted octanol–water partition coefficient (Wildman–Crippen LogP) is 1.82. The van der Waals surface area contributed by atoms with Gasteiger partial charge >= 0.3 is 0 Å². The van der Waals surface area contributed by atoms with E-state index in [2.05, 4.69) is 4.98 Å². The Morgan fingerprint density at radius 2 is 2.05 bits per heavy atom. The van der Waals surface area contributed by atoms with Crippen LogP contribution in [0.25, 0.3) is 0 Å². The number of hydrogen-bond donors (Lipinski definition) is 2. The number of hydrogen-bond acceptors (Lipinski definition) is 3. The van der Waals surface area contributed by atoms with Crippen molar-refractivity contribution >= 4 is 11.6 Å². The summed E-state index contributed by atoms with van der Waals surface area (Å²) < 4.78 is 0. The zero-order valence-corrected chi connectivity index (χ0v) is 11.6. The summed E-state index contributed by atoms with van der Waals surface area (Å²) in [5, 5.41) is 0. The maximum atomic E-state index is 12.7. The summed E-state index contributed by atoms with van der Waals surface area (Å²) in [5.41, 5.74) is 8.29. The summed E-state index contributed by atoms with van der Waals surface area (Å²) in [6.07, 6.45) is 3.16. The van der Waals surface area contributed by atoms with Gasteiger partial charge in [0.05, 0.1) is 5.56 Å². The van der Waals surface area contributed by atoms with Crippen molar-refractivity contribution in [2.45, 2.75) is 18.9 Å². The first kappa shape index (κ1) is 13.6. The minimum absolute atomic E-state index is 0.0467. The summed E-state index contributed by atoms with van der Waals surface area (Å²) in [4.78, 5) is 28.1. The molecule has 5 nitrogen and oxygen atoms in total.